The van der Waals surface area contributed by atoms with Crippen LogP contribution < -0.4 is 4.74 Å². The Bertz CT molecular complexity index is 1110. The zero-order valence-corrected chi connectivity index (χ0v) is 19.1. The molecule has 0 amide bonds. The van der Waals surface area contributed by atoms with E-state index >= 15 is 0 Å². The van der Waals surface area contributed by atoms with Crippen LogP contribution in [0.2, 0.25) is 0 Å². The Kier molecular flexibility index (Phi) is 6.34. The molecule has 3 aromatic rings. The van der Waals surface area contributed by atoms with Gasteiger partial charge in [-0.3, -0.25) is 9.69 Å². The SMILES string of the molecule is COc1ccc(C(=O)C2CCN(Cn3nc(-c4ccc(C)cc4)n(C)c3=S)CC2)cc1. The molecule has 6 nitrogen and oxygen atoms in total. The highest BCUT2D eigenvalue weighted by molar-refractivity contribution is 7.71. The number of ketones is 1. The van der Waals surface area contributed by atoms with Crippen LogP contribution in [-0.4, -0.2) is 45.2 Å². The van der Waals surface area contributed by atoms with Crippen LogP contribution in [0.1, 0.15) is 28.8 Å². The second-order valence-electron chi connectivity index (χ2n) is 8.16. The minimum atomic E-state index is 0.0597. The molecule has 0 N–H and O–H groups in total. The molecule has 4 rings (SSSR count). The zero-order valence-electron chi connectivity index (χ0n) is 18.2. The number of likely N-dealkylation sites (tertiary alicyclic amines) is 1. The predicted octanol–water partition coefficient (Wildman–Crippen LogP) is 4.49. The monoisotopic (exact) mass is 436 g/mol. The van der Waals surface area contributed by atoms with Crippen molar-refractivity contribution >= 4 is 18.0 Å². The van der Waals surface area contributed by atoms with Crippen LogP contribution in [0, 0.1) is 17.6 Å². The van der Waals surface area contributed by atoms with Crippen LogP contribution in [0.15, 0.2) is 48.5 Å². The van der Waals surface area contributed by atoms with E-state index in [1.807, 2.05) is 40.6 Å². The van der Waals surface area contributed by atoms with Gasteiger partial charge in [-0.2, -0.15) is 5.10 Å². The number of carbonyl (C=O) groups is 1. The smallest absolute Gasteiger partial charge is 0.199 e. The highest BCUT2D eigenvalue weighted by Gasteiger charge is 2.26. The van der Waals surface area contributed by atoms with E-state index in [0.717, 1.165) is 48.6 Å². The van der Waals surface area contributed by atoms with Gasteiger partial charge in [0.1, 0.15) is 5.75 Å². The number of piperidine rings is 1. The molecule has 0 aliphatic carbocycles. The van der Waals surface area contributed by atoms with Crippen molar-refractivity contribution in [2.24, 2.45) is 13.0 Å². The third-order valence-electron chi connectivity index (χ3n) is 6.02. The molecule has 2 heterocycles. The van der Waals surface area contributed by atoms with Crippen LogP contribution >= 0.6 is 12.2 Å². The molecule has 0 saturated carbocycles. The first-order valence-corrected chi connectivity index (χ1v) is 11.0. The lowest BCUT2D eigenvalue weighted by atomic mass is 9.89. The molecule has 0 atom stereocenters. The maximum absolute atomic E-state index is 12.9. The van der Waals surface area contributed by atoms with Crippen LogP contribution in [0.25, 0.3) is 11.4 Å². The summed E-state index contributed by atoms with van der Waals surface area (Å²) in [5, 5.41) is 4.78. The fourth-order valence-electron chi connectivity index (χ4n) is 4.05. The minimum absolute atomic E-state index is 0.0597. The molecular formula is C24H28N4O2S. The maximum Gasteiger partial charge on any atom is 0.199 e. The van der Waals surface area contributed by atoms with E-state index < -0.39 is 0 Å². The molecule has 0 radical (unpaired) electrons. The van der Waals surface area contributed by atoms with E-state index in [-0.39, 0.29) is 11.7 Å². The number of hydrogen-bond acceptors (Lipinski definition) is 5. The first-order chi connectivity index (χ1) is 15.0. The van der Waals surface area contributed by atoms with Crippen LogP contribution in [-0.2, 0) is 13.7 Å². The van der Waals surface area contributed by atoms with Gasteiger partial charge < -0.3 is 9.30 Å². The van der Waals surface area contributed by atoms with Gasteiger partial charge in [0.2, 0.25) is 0 Å². The summed E-state index contributed by atoms with van der Waals surface area (Å²) in [7, 11) is 3.59. The summed E-state index contributed by atoms with van der Waals surface area (Å²) in [6.07, 6.45) is 1.69. The van der Waals surface area contributed by atoms with Crippen molar-refractivity contribution in [1.82, 2.24) is 19.2 Å². The number of methoxy groups -OCH3 is 1. The molecule has 0 unspecified atom stereocenters. The Morgan fingerprint density at radius 1 is 1.10 bits per heavy atom. The first-order valence-electron chi connectivity index (χ1n) is 10.6. The highest BCUT2D eigenvalue weighted by atomic mass is 32.1. The Morgan fingerprint density at radius 3 is 2.35 bits per heavy atom. The van der Waals surface area contributed by atoms with Crippen molar-refractivity contribution in [2.75, 3.05) is 20.2 Å². The van der Waals surface area contributed by atoms with Gasteiger partial charge in [0.05, 0.1) is 13.8 Å². The van der Waals surface area contributed by atoms with Crippen molar-refractivity contribution in [3.05, 3.63) is 64.4 Å². The Hall–Kier alpha value is -2.77. The summed E-state index contributed by atoms with van der Waals surface area (Å²) in [5.41, 5.74) is 3.03. The number of benzene rings is 2. The second kappa shape index (κ2) is 9.16. The number of aromatic nitrogens is 3. The Morgan fingerprint density at radius 2 is 1.74 bits per heavy atom. The Balaban J connectivity index is 1.40. The average molecular weight is 437 g/mol. The molecule has 162 valence electrons. The topological polar surface area (TPSA) is 52.3 Å². The largest absolute Gasteiger partial charge is 0.497 e. The molecule has 1 aliphatic rings. The van der Waals surface area contributed by atoms with E-state index in [0.29, 0.717) is 11.4 Å². The van der Waals surface area contributed by atoms with Gasteiger partial charge in [-0.1, -0.05) is 29.8 Å². The highest BCUT2D eigenvalue weighted by Crippen LogP contribution is 2.24. The van der Waals surface area contributed by atoms with Gasteiger partial charge in [-0.25, -0.2) is 4.68 Å². The van der Waals surface area contributed by atoms with Crippen LogP contribution in [0.3, 0.4) is 0 Å². The van der Waals surface area contributed by atoms with Crippen LogP contribution in [0.5, 0.6) is 5.75 Å². The van der Waals surface area contributed by atoms with Gasteiger partial charge in [-0.05, 0) is 56.2 Å². The molecular weight excluding hydrogens is 408 g/mol. The number of aryl methyl sites for hydroxylation is 1. The number of rotatable bonds is 6. The summed E-state index contributed by atoms with van der Waals surface area (Å²) in [6, 6.07) is 15.7. The lowest BCUT2D eigenvalue weighted by Gasteiger charge is -2.30. The number of ether oxygens (including phenoxy) is 1. The van der Waals surface area contributed by atoms with Crippen molar-refractivity contribution < 1.29 is 9.53 Å². The zero-order chi connectivity index (χ0) is 22.0. The van der Waals surface area contributed by atoms with Crippen molar-refractivity contribution in [3.8, 4) is 17.1 Å². The van der Waals surface area contributed by atoms with Crippen LogP contribution in [0.4, 0.5) is 0 Å². The maximum atomic E-state index is 12.9. The molecule has 0 bridgehead atoms. The predicted molar refractivity (Wildman–Crippen MR) is 124 cm³/mol. The third kappa shape index (κ3) is 4.62. The van der Waals surface area contributed by atoms with Gasteiger partial charge in [0.15, 0.2) is 16.4 Å². The number of Topliss-reactive ketones (excluding diaryl/α,β-unsaturated/α-hetero) is 1. The van der Waals surface area contributed by atoms with E-state index in [2.05, 4.69) is 36.1 Å². The van der Waals surface area contributed by atoms with Gasteiger partial charge in [0.25, 0.3) is 0 Å². The number of hydrogen-bond donors (Lipinski definition) is 0. The average Bonchev–Trinajstić information content (AvgIpc) is 3.08. The summed E-state index contributed by atoms with van der Waals surface area (Å²) in [6.45, 7) is 4.42. The number of nitrogens with zero attached hydrogens (tertiary/aromatic N) is 4. The third-order valence-corrected chi connectivity index (χ3v) is 6.50. The quantitative estimate of drug-likeness (QED) is 0.421. The summed E-state index contributed by atoms with van der Waals surface area (Å²) in [5.74, 6) is 1.92. The molecule has 7 heteroatoms. The molecule has 1 aliphatic heterocycles. The van der Waals surface area contributed by atoms with Gasteiger partial charge >= 0.3 is 0 Å². The standard InChI is InChI=1S/C24H28N4O2S/c1-17-4-6-20(7-5-17)23-25-28(24(31)26(23)2)16-27-14-12-19(13-15-27)22(29)18-8-10-21(30-3)11-9-18/h4-11,19H,12-16H2,1-3H3. The lowest BCUT2D eigenvalue weighted by molar-refractivity contribution is 0.0803. The fraction of sp³-hybridized carbons (Fsp3) is 0.375. The Labute approximate surface area is 188 Å². The lowest BCUT2D eigenvalue weighted by Crippen LogP contribution is -2.37. The van der Waals surface area contributed by atoms with Crippen molar-refractivity contribution in [3.63, 3.8) is 0 Å². The summed E-state index contributed by atoms with van der Waals surface area (Å²) in [4.78, 5) is 15.2. The summed E-state index contributed by atoms with van der Waals surface area (Å²) >= 11 is 5.63. The number of carbonyl (C=O) groups excluding carboxylic acids is 1. The normalized spacial score (nSPS) is 15.2. The van der Waals surface area contributed by atoms with E-state index in [1.54, 1.807) is 7.11 Å². The fourth-order valence-corrected chi connectivity index (χ4v) is 4.24. The van der Waals surface area contributed by atoms with Crippen molar-refractivity contribution in [1.29, 1.82) is 0 Å². The first kappa shape index (κ1) is 21.5. The van der Waals surface area contributed by atoms with E-state index in [4.69, 9.17) is 22.1 Å². The van der Waals surface area contributed by atoms with E-state index in [1.165, 1.54) is 5.56 Å². The van der Waals surface area contributed by atoms with Gasteiger partial charge in [0, 0.05) is 37.2 Å². The molecule has 2 aromatic carbocycles. The van der Waals surface area contributed by atoms with Gasteiger partial charge in [-0.15, -0.1) is 0 Å². The van der Waals surface area contributed by atoms with Crippen molar-refractivity contribution in [2.45, 2.75) is 26.4 Å². The molecule has 31 heavy (non-hydrogen) atoms. The molecule has 1 saturated heterocycles. The summed E-state index contributed by atoms with van der Waals surface area (Å²) < 4.78 is 9.73. The van der Waals surface area contributed by atoms with E-state index in [9.17, 15) is 4.79 Å². The minimum Gasteiger partial charge on any atom is -0.497 e. The molecule has 1 fully saturated rings. The molecule has 0 spiro atoms. The second-order valence-corrected chi connectivity index (χ2v) is 8.52. The molecule has 1 aromatic heterocycles.